The molecule has 20 heteroatoms. The molecule has 2 aromatic rings. The van der Waals surface area contributed by atoms with Crippen LogP contribution in [0.25, 0.3) is 10.4 Å². The third-order valence-corrected chi connectivity index (χ3v) is 9.32. The van der Waals surface area contributed by atoms with E-state index in [-0.39, 0.29) is 44.5 Å². The molecule has 0 spiro atoms. The summed E-state index contributed by atoms with van der Waals surface area (Å²) in [5, 5.41) is 24.6. The van der Waals surface area contributed by atoms with E-state index >= 15 is 0 Å². The summed E-state index contributed by atoms with van der Waals surface area (Å²) in [5.41, 5.74) is 11.1. The number of carbonyl (C=O) groups is 3. The topological polar surface area (TPSA) is 251 Å². The Hall–Kier alpha value is -4.28. The molecule has 0 saturated carbocycles. The second-order valence-corrected chi connectivity index (χ2v) is 14.5. The van der Waals surface area contributed by atoms with Crippen LogP contribution >= 0.6 is 0 Å². The molecule has 65 heavy (non-hydrogen) atoms. The molecular formula is C45H73N7O13. The Labute approximate surface area is 383 Å². The largest absolute Gasteiger partial charge is 0.392 e. The second-order valence-electron chi connectivity index (χ2n) is 14.5. The van der Waals surface area contributed by atoms with E-state index < -0.39 is 18.0 Å². The molecule has 0 aliphatic rings. The van der Waals surface area contributed by atoms with Gasteiger partial charge in [-0.1, -0.05) is 47.6 Å². The number of benzene rings is 2. The third-order valence-electron chi connectivity index (χ3n) is 9.32. The molecule has 0 aliphatic carbocycles. The highest BCUT2D eigenvalue weighted by molar-refractivity contribution is 5.99. The Morgan fingerprint density at radius 2 is 1.14 bits per heavy atom. The fraction of sp³-hybridized carbons (Fsp3) is 0.667. The SMILES string of the molecule is CNCCCC[C@H](NC(=O)[C@H](Cc1ccccc1)NC(=O)CCOCCOCCOCCOCCOCCOCCOCCOCCOCCN=[N+]=[N-])C(=O)Nc1ccc(CO)cc1C. The standard InChI is InChI=1S/C45H73N7O13/c1-37-34-39(36-53)11-12-40(37)50-44(55)41(10-6-7-14-47-2)51-45(56)42(35-38-8-4-3-5-9-38)49-43(54)13-16-57-18-20-59-22-24-61-26-28-63-30-32-65-33-31-64-29-27-62-25-23-60-21-19-58-17-15-48-52-46/h3-5,8-9,11-12,34,41-42,47,53H,6-7,10,13-33,35-36H2,1-2H3,(H,49,54)(H,50,55)(H,51,56)/t41-,42-/m0/s1. The van der Waals surface area contributed by atoms with Crippen LogP contribution in [0.3, 0.4) is 0 Å². The number of amides is 3. The molecule has 0 heterocycles. The number of nitrogens with one attached hydrogen (secondary N) is 4. The minimum Gasteiger partial charge on any atom is -0.392 e. The number of aryl methyl sites for hydroxylation is 1. The van der Waals surface area contributed by atoms with Crippen molar-refractivity contribution in [3.05, 3.63) is 75.7 Å². The van der Waals surface area contributed by atoms with Crippen molar-refractivity contribution in [3.8, 4) is 0 Å². The molecule has 0 aromatic heterocycles. The van der Waals surface area contributed by atoms with Crippen LogP contribution in [0.4, 0.5) is 5.69 Å². The van der Waals surface area contributed by atoms with E-state index in [1.165, 1.54) is 0 Å². The smallest absolute Gasteiger partial charge is 0.246 e. The lowest BCUT2D eigenvalue weighted by Crippen LogP contribution is -2.53. The molecule has 0 saturated heterocycles. The number of hydrogen-bond acceptors (Lipinski definition) is 15. The lowest BCUT2D eigenvalue weighted by atomic mass is 10.0. The fourth-order valence-electron chi connectivity index (χ4n) is 5.88. The molecule has 366 valence electrons. The summed E-state index contributed by atoms with van der Waals surface area (Å²) in [6, 6.07) is 12.9. The lowest BCUT2D eigenvalue weighted by Gasteiger charge is -2.24. The average Bonchev–Trinajstić information content (AvgIpc) is 3.31. The molecule has 2 rings (SSSR count). The van der Waals surface area contributed by atoms with Gasteiger partial charge < -0.3 is 69.0 Å². The van der Waals surface area contributed by atoms with Gasteiger partial charge in [0.2, 0.25) is 17.7 Å². The van der Waals surface area contributed by atoms with Gasteiger partial charge in [0.1, 0.15) is 12.1 Å². The summed E-state index contributed by atoms with van der Waals surface area (Å²) >= 11 is 0. The first-order chi connectivity index (χ1) is 31.9. The van der Waals surface area contributed by atoms with Crippen molar-refractivity contribution in [2.24, 2.45) is 5.11 Å². The van der Waals surface area contributed by atoms with E-state index in [9.17, 15) is 19.5 Å². The second kappa shape index (κ2) is 40.0. The molecule has 2 aromatic carbocycles. The first kappa shape index (κ1) is 56.8. The van der Waals surface area contributed by atoms with E-state index in [2.05, 4.69) is 31.3 Å². The van der Waals surface area contributed by atoms with Crippen molar-refractivity contribution < 1.29 is 62.1 Å². The molecule has 0 fully saturated rings. The van der Waals surface area contributed by atoms with Crippen molar-refractivity contribution in [1.29, 1.82) is 0 Å². The van der Waals surface area contributed by atoms with Gasteiger partial charge in [-0.25, -0.2) is 0 Å². The number of nitrogens with zero attached hydrogens (tertiary/aromatic N) is 3. The Bertz CT molecular complexity index is 1570. The number of aliphatic hydroxyl groups is 1. The van der Waals surface area contributed by atoms with Gasteiger partial charge in [-0.2, -0.15) is 0 Å². The maximum absolute atomic E-state index is 13.8. The molecule has 2 atom stereocenters. The zero-order chi connectivity index (χ0) is 46.8. The predicted octanol–water partition coefficient (Wildman–Crippen LogP) is 2.88. The Morgan fingerprint density at radius 3 is 1.62 bits per heavy atom. The Kier molecular flexibility index (Phi) is 35.0. The number of hydrogen-bond donors (Lipinski definition) is 5. The number of rotatable bonds is 43. The number of unbranched alkanes of at least 4 members (excludes halogenated alkanes) is 1. The normalized spacial score (nSPS) is 12.0. The van der Waals surface area contributed by atoms with E-state index in [1.54, 1.807) is 18.2 Å². The molecule has 0 bridgehead atoms. The van der Waals surface area contributed by atoms with Gasteiger partial charge in [0.15, 0.2) is 0 Å². The van der Waals surface area contributed by atoms with Gasteiger partial charge in [-0.15, -0.1) is 0 Å². The van der Waals surface area contributed by atoms with Gasteiger partial charge in [0.05, 0.1) is 126 Å². The molecule has 20 nitrogen and oxygen atoms in total. The van der Waals surface area contributed by atoms with Crippen molar-refractivity contribution in [1.82, 2.24) is 16.0 Å². The lowest BCUT2D eigenvalue weighted by molar-refractivity contribution is -0.131. The molecule has 0 radical (unpaired) electrons. The molecular weight excluding hydrogens is 847 g/mol. The number of ether oxygens (including phenoxy) is 9. The van der Waals surface area contributed by atoms with Gasteiger partial charge in [0.25, 0.3) is 0 Å². The highest BCUT2D eigenvalue weighted by Gasteiger charge is 2.27. The minimum absolute atomic E-state index is 0.0347. The van der Waals surface area contributed by atoms with Crippen LogP contribution in [0.5, 0.6) is 0 Å². The summed E-state index contributed by atoms with van der Waals surface area (Å²) in [5.74, 6) is -1.18. The van der Waals surface area contributed by atoms with E-state index in [4.69, 9.17) is 48.2 Å². The first-order valence-corrected chi connectivity index (χ1v) is 22.4. The molecule has 0 aliphatic heterocycles. The van der Waals surface area contributed by atoms with Crippen molar-refractivity contribution in [2.45, 2.75) is 57.7 Å². The van der Waals surface area contributed by atoms with Crippen molar-refractivity contribution in [2.75, 3.05) is 144 Å². The van der Waals surface area contributed by atoms with Crippen LogP contribution in [0, 0.1) is 6.92 Å². The summed E-state index contributed by atoms with van der Waals surface area (Å²) in [4.78, 5) is 43.0. The van der Waals surface area contributed by atoms with Gasteiger partial charge in [-0.05, 0) is 68.1 Å². The predicted molar refractivity (Wildman–Crippen MR) is 244 cm³/mol. The Morgan fingerprint density at radius 1 is 0.631 bits per heavy atom. The molecule has 5 N–H and O–H groups in total. The zero-order valence-corrected chi connectivity index (χ0v) is 38.3. The van der Waals surface area contributed by atoms with E-state index in [1.807, 2.05) is 44.3 Å². The fourth-order valence-corrected chi connectivity index (χ4v) is 5.88. The van der Waals surface area contributed by atoms with Crippen molar-refractivity contribution in [3.63, 3.8) is 0 Å². The van der Waals surface area contributed by atoms with Crippen molar-refractivity contribution >= 4 is 23.4 Å². The van der Waals surface area contributed by atoms with E-state index in [0.29, 0.717) is 131 Å². The number of aliphatic hydroxyl groups excluding tert-OH is 1. The highest BCUT2D eigenvalue weighted by Crippen LogP contribution is 2.18. The molecule has 3 amide bonds. The van der Waals surface area contributed by atoms with Crippen LogP contribution in [0.1, 0.15) is 42.4 Å². The summed E-state index contributed by atoms with van der Waals surface area (Å²) in [6.45, 7) is 10.1. The first-order valence-electron chi connectivity index (χ1n) is 22.4. The number of azide groups is 1. The van der Waals surface area contributed by atoms with Crippen LogP contribution in [-0.2, 0) is 70.0 Å². The highest BCUT2D eigenvalue weighted by atomic mass is 16.6. The van der Waals surface area contributed by atoms with E-state index in [0.717, 1.165) is 29.7 Å². The van der Waals surface area contributed by atoms with Crippen LogP contribution in [0.2, 0.25) is 0 Å². The van der Waals surface area contributed by atoms with Gasteiger partial charge in [-0.3, -0.25) is 14.4 Å². The summed E-state index contributed by atoms with van der Waals surface area (Å²) in [7, 11) is 1.86. The average molecular weight is 920 g/mol. The van der Waals surface area contributed by atoms with Gasteiger partial charge in [0, 0.05) is 30.0 Å². The third kappa shape index (κ3) is 30.5. The van der Waals surface area contributed by atoms with Crippen LogP contribution in [-0.4, -0.2) is 174 Å². The minimum atomic E-state index is -0.923. The Balaban J connectivity index is 1.54. The van der Waals surface area contributed by atoms with Crippen LogP contribution in [0.15, 0.2) is 53.6 Å². The summed E-state index contributed by atoms with van der Waals surface area (Å²) in [6.07, 6.45) is 2.19. The summed E-state index contributed by atoms with van der Waals surface area (Å²) < 4.78 is 49.2. The maximum Gasteiger partial charge on any atom is 0.246 e. The zero-order valence-electron chi connectivity index (χ0n) is 38.3. The number of anilines is 1. The molecule has 0 unspecified atom stereocenters. The van der Waals surface area contributed by atoms with Gasteiger partial charge >= 0.3 is 0 Å². The quantitative estimate of drug-likeness (QED) is 0.0278. The monoisotopic (exact) mass is 920 g/mol. The van der Waals surface area contributed by atoms with Crippen LogP contribution < -0.4 is 21.3 Å². The maximum atomic E-state index is 13.8. The number of carbonyl (C=O) groups excluding carboxylic acids is 3.